The van der Waals surface area contributed by atoms with Crippen LogP contribution in [0.1, 0.15) is 43.7 Å². The number of hydrogen-bond acceptors (Lipinski definition) is 4. The van der Waals surface area contributed by atoms with E-state index in [0.717, 1.165) is 18.4 Å². The van der Waals surface area contributed by atoms with E-state index in [1.807, 2.05) is 37.3 Å². The van der Waals surface area contributed by atoms with Crippen molar-refractivity contribution in [3.8, 4) is 11.5 Å². The van der Waals surface area contributed by atoms with Gasteiger partial charge < -0.3 is 9.73 Å². The lowest BCUT2D eigenvalue weighted by molar-refractivity contribution is -0.121. The van der Waals surface area contributed by atoms with Gasteiger partial charge in [0.1, 0.15) is 11.9 Å². The van der Waals surface area contributed by atoms with Crippen molar-refractivity contribution >= 4 is 5.91 Å². The molecule has 0 radical (unpaired) electrons. The molecule has 0 aliphatic carbocycles. The predicted molar refractivity (Wildman–Crippen MR) is 95.6 cm³/mol. The summed E-state index contributed by atoms with van der Waals surface area (Å²) in [7, 11) is 0. The number of carbonyl (C=O) groups is 1. The van der Waals surface area contributed by atoms with E-state index >= 15 is 0 Å². The summed E-state index contributed by atoms with van der Waals surface area (Å²) in [4.78, 5) is 12.2. The van der Waals surface area contributed by atoms with Crippen molar-refractivity contribution in [1.29, 1.82) is 0 Å². The number of unbranched alkanes of at least 4 members (excludes halogenated alkanes) is 1. The molecule has 1 unspecified atom stereocenters. The van der Waals surface area contributed by atoms with Crippen LogP contribution in [0.2, 0.25) is 0 Å². The third-order valence-electron chi connectivity index (χ3n) is 3.99. The lowest BCUT2D eigenvalue weighted by Crippen LogP contribution is -2.30. The highest BCUT2D eigenvalue weighted by Crippen LogP contribution is 2.26. The Kier molecular flexibility index (Phi) is 5.73. The number of hydrogen-bond donors (Lipinski definition) is 1. The summed E-state index contributed by atoms with van der Waals surface area (Å²) in [6, 6.07) is 14.7. The van der Waals surface area contributed by atoms with E-state index < -0.39 is 11.9 Å². The van der Waals surface area contributed by atoms with Crippen LogP contribution in [0.15, 0.2) is 59.0 Å². The molecule has 134 valence electrons. The Morgan fingerprint density at radius 1 is 1.12 bits per heavy atom. The highest BCUT2D eigenvalue weighted by atomic mass is 19.1. The van der Waals surface area contributed by atoms with Gasteiger partial charge in [-0.1, -0.05) is 49.7 Å². The fourth-order valence-corrected chi connectivity index (χ4v) is 2.60. The summed E-state index contributed by atoms with van der Waals surface area (Å²) in [6.45, 7) is 2.01. The van der Waals surface area contributed by atoms with Crippen LogP contribution < -0.4 is 5.32 Å². The highest BCUT2D eigenvalue weighted by molar-refractivity contribution is 5.76. The largest absolute Gasteiger partial charge is 0.418 e. The van der Waals surface area contributed by atoms with Gasteiger partial charge in [0.15, 0.2) is 0 Å². The molecule has 2 aromatic carbocycles. The van der Waals surface area contributed by atoms with Crippen LogP contribution in [0.5, 0.6) is 0 Å². The first-order valence-electron chi connectivity index (χ1n) is 8.61. The monoisotopic (exact) mass is 353 g/mol. The molecule has 5 nitrogen and oxygen atoms in total. The van der Waals surface area contributed by atoms with Gasteiger partial charge in [-0.15, -0.1) is 10.2 Å². The third kappa shape index (κ3) is 4.14. The third-order valence-corrected chi connectivity index (χ3v) is 3.99. The van der Waals surface area contributed by atoms with Crippen molar-refractivity contribution in [3.05, 3.63) is 71.9 Å². The summed E-state index contributed by atoms with van der Waals surface area (Å²) < 4.78 is 20.1. The second-order valence-corrected chi connectivity index (χ2v) is 5.94. The molecule has 0 saturated heterocycles. The Balaban J connectivity index is 1.92. The van der Waals surface area contributed by atoms with Gasteiger partial charge in [0.25, 0.3) is 0 Å². The van der Waals surface area contributed by atoms with Gasteiger partial charge in [0.2, 0.25) is 17.7 Å². The molecule has 1 aromatic heterocycles. The molecule has 0 aliphatic rings. The first-order valence-corrected chi connectivity index (χ1v) is 8.61. The molecule has 0 spiro atoms. The summed E-state index contributed by atoms with van der Waals surface area (Å²) in [5.74, 6) is -0.143. The zero-order chi connectivity index (χ0) is 18.4. The van der Waals surface area contributed by atoms with E-state index in [1.54, 1.807) is 18.2 Å². The first-order chi connectivity index (χ1) is 12.7. The maximum atomic E-state index is 14.3. The molecule has 0 bridgehead atoms. The molecule has 3 aromatic rings. The molecule has 0 saturated carbocycles. The Morgan fingerprint density at radius 2 is 1.85 bits per heavy atom. The second kappa shape index (κ2) is 8.38. The molecular formula is C20H20FN3O2. The minimum absolute atomic E-state index is 0.152. The standard InChI is InChI=1S/C20H20FN3O2/c1-2-3-13-17(25)22-18(15-11-7-8-12-16(15)21)20-24-23-19(26-20)14-9-5-4-6-10-14/h4-12,18H,2-3,13H2,1H3,(H,22,25). The fraction of sp³-hybridized carbons (Fsp3) is 0.250. The number of nitrogens with one attached hydrogen (secondary N) is 1. The molecule has 0 fully saturated rings. The van der Waals surface area contributed by atoms with Crippen LogP contribution in [0.3, 0.4) is 0 Å². The van der Waals surface area contributed by atoms with Gasteiger partial charge in [-0.3, -0.25) is 4.79 Å². The Hall–Kier alpha value is -3.02. The van der Waals surface area contributed by atoms with Crippen molar-refractivity contribution in [1.82, 2.24) is 15.5 Å². The predicted octanol–water partition coefficient (Wildman–Crippen LogP) is 4.27. The number of rotatable bonds is 7. The van der Waals surface area contributed by atoms with Crippen molar-refractivity contribution in [2.24, 2.45) is 0 Å². The number of amides is 1. The zero-order valence-corrected chi connectivity index (χ0v) is 14.5. The highest BCUT2D eigenvalue weighted by Gasteiger charge is 2.25. The summed E-state index contributed by atoms with van der Waals surface area (Å²) in [5.41, 5.74) is 1.05. The van der Waals surface area contributed by atoms with Gasteiger partial charge in [-0.05, 0) is 24.6 Å². The summed E-state index contributed by atoms with van der Waals surface area (Å²) in [5, 5.41) is 10.9. The Bertz CT molecular complexity index is 864. The van der Waals surface area contributed by atoms with E-state index in [4.69, 9.17) is 4.42 Å². The number of halogens is 1. The molecule has 0 aliphatic heterocycles. The van der Waals surface area contributed by atoms with Crippen LogP contribution in [-0.4, -0.2) is 16.1 Å². The molecule has 26 heavy (non-hydrogen) atoms. The molecule has 1 N–H and O–H groups in total. The van der Waals surface area contributed by atoms with E-state index in [-0.39, 0.29) is 11.8 Å². The summed E-state index contributed by atoms with van der Waals surface area (Å²) >= 11 is 0. The van der Waals surface area contributed by atoms with Crippen LogP contribution in [0, 0.1) is 5.82 Å². The van der Waals surface area contributed by atoms with Gasteiger partial charge >= 0.3 is 0 Å². The van der Waals surface area contributed by atoms with Gasteiger partial charge in [-0.2, -0.15) is 0 Å². The van der Waals surface area contributed by atoms with E-state index in [2.05, 4.69) is 15.5 Å². The molecule has 3 rings (SSSR count). The van der Waals surface area contributed by atoms with Gasteiger partial charge in [-0.25, -0.2) is 4.39 Å². The Morgan fingerprint density at radius 3 is 2.58 bits per heavy atom. The molecule has 6 heteroatoms. The van der Waals surface area contributed by atoms with Crippen LogP contribution in [-0.2, 0) is 4.79 Å². The number of nitrogens with zero attached hydrogens (tertiary/aromatic N) is 2. The van der Waals surface area contributed by atoms with Crippen molar-refractivity contribution in [3.63, 3.8) is 0 Å². The SMILES string of the molecule is CCCCC(=O)NC(c1nnc(-c2ccccc2)o1)c1ccccc1F. The van der Waals surface area contributed by atoms with Gasteiger partial charge in [0, 0.05) is 17.5 Å². The normalized spacial score (nSPS) is 11.9. The van der Waals surface area contributed by atoms with E-state index in [9.17, 15) is 9.18 Å². The van der Waals surface area contributed by atoms with Crippen LogP contribution in [0.4, 0.5) is 4.39 Å². The smallest absolute Gasteiger partial charge is 0.247 e. The fourth-order valence-electron chi connectivity index (χ4n) is 2.60. The topological polar surface area (TPSA) is 68.0 Å². The van der Waals surface area contributed by atoms with Gasteiger partial charge in [0.05, 0.1) is 0 Å². The molecular weight excluding hydrogens is 333 g/mol. The van der Waals surface area contributed by atoms with Crippen LogP contribution in [0.25, 0.3) is 11.5 Å². The lowest BCUT2D eigenvalue weighted by atomic mass is 10.1. The number of carbonyl (C=O) groups excluding carboxylic acids is 1. The average Bonchev–Trinajstić information content (AvgIpc) is 3.16. The minimum atomic E-state index is -0.828. The minimum Gasteiger partial charge on any atom is -0.418 e. The maximum absolute atomic E-state index is 14.3. The lowest BCUT2D eigenvalue weighted by Gasteiger charge is -2.16. The van der Waals surface area contributed by atoms with Crippen molar-refractivity contribution in [2.75, 3.05) is 0 Å². The zero-order valence-electron chi connectivity index (χ0n) is 14.5. The number of aromatic nitrogens is 2. The molecule has 1 amide bonds. The van der Waals surface area contributed by atoms with Crippen molar-refractivity contribution in [2.45, 2.75) is 32.2 Å². The summed E-state index contributed by atoms with van der Waals surface area (Å²) in [6.07, 6.45) is 2.02. The second-order valence-electron chi connectivity index (χ2n) is 5.94. The Labute approximate surface area is 151 Å². The van der Waals surface area contributed by atoms with Crippen LogP contribution >= 0.6 is 0 Å². The average molecular weight is 353 g/mol. The first kappa shape index (κ1) is 17.8. The number of benzene rings is 2. The molecule has 1 atom stereocenters. The quantitative estimate of drug-likeness (QED) is 0.689. The molecule has 1 heterocycles. The van der Waals surface area contributed by atoms with Crippen molar-refractivity contribution < 1.29 is 13.6 Å². The van der Waals surface area contributed by atoms with E-state index in [1.165, 1.54) is 6.07 Å². The maximum Gasteiger partial charge on any atom is 0.247 e. The van der Waals surface area contributed by atoms with E-state index in [0.29, 0.717) is 17.9 Å².